The van der Waals surface area contributed by atoms with Gasteiger partial charge >= 0.3 is 0 Å². The summed E-state index contributed by atoms with van der Waals surface area (Å²) < 4.78 is 7.02. The second kappa shape index (κ2) is 6.78. The summed E-state index contributed by atoms with van der Waals surface area (Å²) in [6.07, 6.45) is 0.478. The molecule has 0 aliphatic carbocycles. The molecule has 0 fully saturated rings. The molecule has 0 amide bonds. The Labute approximate surface area is 113 Å². The normalized spacial score (nSPS) is 13.5. The van der Waals surface area contributed by atoms with Gasteiger partial charge in [0.15, 0.2) is 6.10 Å². The van der Waals surface area contributed by atoms with E-state index in [1.807, 2.05) is 0 Å². The predicted octanol–water partition coefficient (Wildman–Crippen LogP) is 1.51. The number of aliphatic hydroxyl groups excluding tert-OH is 1. The number of hydrogen-bond acceptors (Lipinski definition) is 5. The zero-order valence-corrected chi connectivity index (χ0v) is 12.6. The van der Waals surface area contributed by atoms with Crippen LogP contribution in [0.15, 0.2) is 12.3 Å². The molecule has 0 aliphatic heterocycles. The highest BCUT2D eigenvalue weighted by Crippen LogP contribution is 2.10. The first kappa shape index (κ1) is 15.8. The number of nitro groups is 1. The van der Waals surface area contributed by atoms with Crippen LogP contribution in [0.2, 0.25) is 25.7 Å². The molecule has 1 aromatic rings. The van der Waals surface area contributed by atoms with Crippen LogP contribution in [-0.2, 0) is 11.5 Å². The Hall–Kier alpha value is -1.25. The molecular weight excluding hydrogens is 266 g/mol. The molecule has 1 unspecified atom stereocenters. The molecule has 1 atom stereocenters. The Balaban J connectivity index is 2.36. The van der Waals surface area contributed by atoms with Crippen LogP contribution >= 0.6 is 0 Å². The summed E-state index contributed by atoms with van der Waals surface area (Å²) in [6.45, 7) is 7.27. The summed E-state index contributed by atoms with van der Waals surface area (Å²) in [5, 5.41) is 23.9. The van der Waals surface area contributed by atoms with E-state index in [0.717, 1.165) is 6.04 Å². The maximum Gasteiger partial charge on any atom is 0.235 e. The van der Waals surface area contributed by atoms with Gasteiger partial charge in [-0.05, 0) is 12.1 Å². The number of rotatable bonds is 8. The second-order valence-electron chi connectivity index (χ2n) is 5.66. The van der Waals surface area contributed by atoms with Gasteiger partial charge in [-0.25, -0.2) is 4.68 Å². The third-order valence-electron chi connectivity index (χ3n) is 2.54. The van der Waals surface area contributed by atoms with Crippen LogP contribution in [0, 0.1) is 10.1 Å². The van der Waals surface area contributed by atoms with E-state index in [9.17, 15) is 15.2 Å². The predicted molar refractivity (Wildman–Crippen MR) is 73.2 cm³/mol. The van der Waals surface area contributed by atoms with Crippen molar-refractivity contribution in [3.05, 3.63) is 28.1 Å². The molecule has 0 spiro atoms. The van der Waals surface area contributed by atoms with Crippen molar-refractivity contribution < 1.29 is 14.8 Å². The Morgan fingerprint density at radius 2 is 2.26 bits per heavy atom. The van der Waals surface area contributed by atoms with Gasteiger partial charge in [-0.3, -0.25) is 10.1 Å². The summed E-state index contributed by atoms with van der Waals surface area (Å²) >= 11 is 0. The van der Waals surface area contributed by atoms with Crippen LogP contribution < -0.4 is 0 Å². The SMILES string of the molecule is C[Si](C)(C)CCOCn1ccc(C(O)C[N+](=O)[O-])n1. The molecule has 7 nitrogen and oxygen atoms in total. The summed E-state index contributed by atoms with van der Waals surface area (Å²) in [7, 11) is -1.10. The van der Waals surface area contributed by atoms with E-state index in [4.69, 9.17) is 4.74 Å². The smallest absolute Gasteiger partial charge is 0.235 e. The summed E-state index contributed by atoms with van der Waals surface area (Å²) in [5.41, 5.74) is 0.297. The van der Waals surface area contributed by atoms with Gasteiger partial charge in [0.2, 0.25) is 6.54 Å². The molecular formula is C11H21N3O4Si. The summed E-state index contributed by atoms with van der Waals surface area (Å²) in [6, 6.07) is 2.64. The molecule has 0 aliphatic rings. The molecule has 1 heterocycles. The Bertz CT molecular complexity index is 416. The molecule has 0 saturated carbocycles. The second-order valence-corrected chi connectivity index (χ2v) is 11.3. The first-order valence-corrected chi connectivity index (χ1v) is 9.89. The van der Waals surface area contributed by atoms with Gasteiger partial charge in [-0.2, -0.15) is 5.10 Å². The van der Waals surface area contributed by atoms with E-state index in [0.29, 0.717) is 19.0 Å². The molecule has 0 bridgehead atoms. The average Bonchev–Trinajstić information content (AvgIpc) is 2.71. The van der Waals surface area contributed by atoms with Crippen LogP contribution in [0.1, 0.15) is 11.8 Å². The number of hydrogen-bond donors (Lipinski definition) is 1. The highest BCUT2D eigenvalue weighted by molar-refractivity contribution is 6.76. The highest BCUT2D eigenvalue weighted by atomic mass is 28.3. The molecule has 0 aromatic carbocycles. The van der Waals surface area contributed by atoms with E-state index in [1.165, 1.54) is 4.68 Å². The number of nitrogens with zero attached hydrogens (tertiary/aromatic N) is 3. The monoisotopic (exact) mass is 287 g/mol. The largest absolute Gasteiger partial charge is 0.380 e. The minimum atomic E-state index is -1.17. The van der Waals surface area contributed by atoms with Crippen LogP contribution in [0.4, 0.5) is 0 Å². The fourth-order valence-corrected chi connectivity index (χ4v) is 2.15. The standard InChI is InChI=1S/C11H21N3O4Si/c1-19(2,3)7-6-18-9-13-5-4-10(12-13)11(15)8-14(16)17/h4-5,11,15H,6-9H2,1-3H3. The van der Waals surface area contributed by atoms with Crippen molar-refractivity contribution >= 4 is 8.07 Å². The van der Waals surface area contributed by atoms with Gasteiger partial charge in [0.05, 0.1) is 5.69 Å². The van der Waals surface area contributed by atoms with Crippen molar-refractivity contribution in [3.8, 4) is 0 Å². The topological polar surface area (TPSA) is 90.4 Å². The molecule has 8 heteroatoms. The van der Waals surface area contributed by atoms with Gasteiger partial charge in [0.1, 0.15) is 6.73 Å². The maximum atomic E-state index is 10.3. The van der Waals surface area contributed by atoms with Crippen LogP contribution in [-0.4, -0.2) is 41.0 Å². The van der Waals surface area contributed by atoms with E-state index in [2.05, 4.69) is 24.7 Å². The Kier molecular flexibility index (Phi) is 5.64. The molecule has 0 radical (unpaired) electrons. The molecule has 108 valence electrons. The van der Waals surface area contributed by atoms with Gasteiger partial charge in [-0.15, -0.1) is 0 Å². The fourth-order valence-electron chi connectivity index (χ4n) is 1.40. The van der Waals surface area contributed by atoms with Crippen LogP contribution in [0.5, 0.6) is 0 Å². The summed E-state index contributed by atoms with van der Waals surface area (Å²) in [4.78, 5) is 9.72. The first-order valence-electron chi connectivity index (χ1n) is 6.19. The minimum absolute atomic E-state index is 0.297. The van der Waals surface area contributed by atoms with Gasteiger partial charge in [0, 0.05) is 25.8 Å². The van der Waals surface area contributed by atoms with Crippen LogP contribution in [0.25, 0.3) is 0 Å². The lowest BCUT2D eigenvalue weighted by molar-refractivity contribution is -0.491. The van der Waals surface area contributed by atoms with Crippen molar-refractivity contribution in [2.45, 2.75) is 38.5 Å². The van der Waals surface area contributed by atoms with Crippen molar-refractivity contribution in [1.82, 2.24) is 9.78 Å². The van der Waals surface area contributed by atoms with Crippen molar-refractivity contribution in [2.75, 3.05) is 13.2 Å². The average molecular weight is 287 g/mol. The van der Waals surface area contributed by atoms with Gasteiger partial charge in [-0.1, -0.05) is 19.6 Å². The van der Waals surface area contributed by atoms with Gasteiger partial charge in [0.25, 0.3) is 0 Å². The molecule has 0 saturated heterocycles. The third kappa shape index (κ3) is 6.46. The van der Waals surface area contributed by atoms with Crippen molar-refractivity contribution in [1.29, 1.82) is 0 Å². The molecule has 1 aromatic heterocycles. The molecule has 19 heavy (non-hydrogen) atoms. The first-order chi connectivity index (χ1) is 8.78. The zero-order valence-electron chi connectivity index (χ0n) is 11.6. The lowest BCUT2D eigenvalue weighted by Gasteiger charge is -2.15. The lowest BCUT2D eigenvalue weighted by atomic mass is 10.3. The molecule has 1 rings (SSSR count). The van der Waals surface area contributed by atoms with Crippen LogP contribution in [0.3, 0.4) is 0 Å². The van der Waals surface area contributed by atoms with E-state index < -0.39 is 25.6 Å². The van der Waals surface area contributed by atoms with E-state index in [-0.39, 0.29) is 0 Å². The van der Waals surface area contributed by atoms with Gasteiger partial charge < -0.3 is 9.84 Å². The number of aliphatic hydroxyl groups is 1. The maximum absolute atomic E-state index is 10.3. The Morgan fingerprint density at radius 1 is 1.58 bits per heavy atom. The summed E-state index contributed by atoms with van der Waals surface area (Å²) in [5.74, 6) is 0. The Morgan fingerprint density at radius 3 is 2.84 bits per heavy atom. The lowest BCUT2D eigenvalue weighted by Crippen LogP contribution is -2.22. The minimum Gasteiger partial charge on any atom is -0.380 e. The number of ether oxygens (including phenoxy) is 1. The van der Waals surface area contributed by atoms with E-state index in [1.54, 1.807) is 12.3 Å². The fraction of sp³-hybridized carbons (Fsp3) is 0.727. The van der Waals surface area contributed by atoms with Crippen molar-refractivity contribution in [2.24, 2.45) is 0 Å². The quantitative estimate of drug-likeness (QED) is 0.339. The molecule has 1 N–H and O–H groups in total. The van der Waals surface area contributed by atoms with E-state index >= 15 is 0 Å². The third-order valence-corrected chi connectivity index (χ3v) is 4.25. The number of aromatic nitrogens is 2. The highest BCUT2D eigenvalue weighted by Gasteiger charge is 2.17. The zero-order chi connectivity index (χ0) is 14.5. The van der Waals surface area contributed by atoms with Crippen molar-refractivity contribution in [3.63, 3.8) is 0 Å².